The fraction of sp³-hybridized carbons (Fsp3) is 0.200. The highest BCUT2D eigenvalue weighted by molar-refractivity contribution is 5.94. The lowest BCUT2D eigenvalue weighted by molar-refractivity contribution is -0.108. The number of halogens is 1. The molecule has 0 N–H and O–H groups in total. The first-order valence-electron chi connectivity index (χ1n) is 4.10. The van der Waals surface area contributed by atoms with Crippen molar-refractivity contribution in [1.82, 2.24) is 4.90 Å². The number of rotatable bonds is 3. The minimum atomic E-state index is -0.463. The van der Waals surface area contributed by atoms with Crippen LogP contribution < -0.4 is 0 Å². The Balaban J connectivity index is 2.83. The molecule has 0 heterocycles. The summed E-state index contributed by atoms with van der Waals surface area (Å²) in [6.45, 7) is 0.00927. The van der Waals surface area contributed by atoms with E-state index in [0.29, 0.717) is 6.29 Å². The number of nitrogens with zero attached hydrogens (tertiary/aromatic N) is 1. The molecule has 0 fully saturated rings. The second kappa shape index (κ2) is 4.50. The zero-order valence-corrected chi connectivity index (χ0v) is 7.74. The second-order valence-corrected chi connectivity index (χ2v) is 2.86. The minimum absolute atomic E-state index is 0.00927. The maximum absolute atomic E-state index is 12.7. The van der Waals surface area contributed by atoms with Gasteiger partial charge in [0.25, 0.3) is 5.91 Å². The molecule has 0 saturated heterocycles. The van der Waals surface area contributed by atoms with Gasteiger partial charge in [0.15, 0.2) is 0 Å². The van der Waals surface area contributed by atoms with E-state index in [2.05, 4.69) is 0 Å². The summed E-state index contributed by atoms with van der Waals surface area (Å²) in [6, 6.07) is 5.37. The molecule has 0 spiro atoms. The Morgan fingerprint density at radius 1 is 1.57 bits per heavy atom. The van der Waals surface area contributed by atoms with Gasteiger partial charge >= 0.3 is 0 Å². The lowest BCUT2D eigenvalue weighted by Crippen LogP contribution is -2.28. The van der Waals surface area contributed by atoms with E-state index in [1.165, 1.54) is 30.1 Å². The van der Waals surface area contributed by atoms with Crippen molar-refractivity contribution in [3.05, 3.63) is 35.6 Å². The van der Waals surface area contributed by atoms with Gasteiger partial charge in [-0.2, -0.15) is 0 Å². The Morgan fingerprint density at radius 2 is 2.29 bits per heavy atom. The zero-order valence-electron chi connectivity index (χ0n) is 7.74. The van der Waals surface area contributed by atoms with Crippen molar-refractivity contribution < 1.29 is 14.0 Å². The van der Waals surface area contributed by atoms with Crippen molar-refractivity contribution in [2.75, 3.05) is 13.6 Å². The molecule has 14 heavy (non-hydrogen) atoms. The van der Waals surface area contributed by atoms with Gasteiger partial charge < -0.3 is 9.69 Å². The van der Waals surface area contributed by atoms with Gasteiger partial charge in [-0.05, 0) is 18.2 Å². The van der Waals surface area contributed by atoms with Gasteiger partial charge in [-0.25, -0.2) is 4.39 Å². The molecule has 0 atom stereocenters. The number of aldehydes is 1. The number of carbonyl (C=O) groups is 2. The first-order chi connectivity index (χ1) is 6.65. The van der Waals surface area contributed by atoms with Crippen LogP contribution in [0.3, 0.4) is 0 Å². The van der Waals surface area contributed by atoms with Gasteiger partial charge in [-0.1, -0.05) is 6.07 Å². The van der Waals surface area contributed by atoms with E-state index < -0.39 is 5.82 Å². The van der Waals surface area contributed by atoms with Crippen LogP contribution in [0.4, 0.5) is 4.39 Å². The maximum Gasteiger partial charge on any atom is 0.254 e. The highest BCUT2D eigenvalue weighted by Crippen LogP contribution is 2.05. The number of likely N-dealkylation sites (N-methyl/N-ethyl adjacent to an activating group) is 1. The SMILES string of the molecule is CN(CC=O)C(=O)c1cccc(F)c1. The van der Waals surface area contributed by atoms with Crippen molar-refractivity contribution in [3.8, 4) is 0 Å². The molecule has 0 unspecified atom stereocenters. The van der Waals surface area contributed by atoms with Crippen LogP contribution in [0, 0.1) is 5.82 Å². The van der Waals surface area contributed by atoms with Crippen LogP contribution in [0.5, 0.6) is 0 Å². The third kappa shape index (κ3) is 2.39. The second-order valence-electron chi connectivity index (χ2n) is 2.86. The Hall–Kier alpha value is -1.71. The van der Waals surface area contributed by atoms with E-state index in [9.17, 15) is 14.0 Å². The van der Waals surface area contributed by atoms with E-state index >= 15 is 0 Å². The zero-order chi connectivity index (χ0) is 10.6. The molecular weight excluding hydrogens is 185 g/mol. The number of amides is 1. The summed E-state index contributed by atoms with van der Waals surface area (Å²) in [5.41, 5.74) is 0.245. The monoisotopic (exact) mass is 195 g/mol. The van der Waals surface area contributed by atoms with Gasteiger partial charge in [0, 0.05) is 12.6 Å². The van der Waals surface area contributed by atoms with Gasteiger partial charge in [0.05, 0.1) is 6.54 Å². The summed E-state index contributed by atoms with van der Waals surface area (Å²) in [4.78, 5) is 22.9. The van der Waals surface area contributed by atoms with Crippen LogP contribution in [0.25, 0.3) is 0 Å². The smallest absolute Gasteiger partial charge is 0.254 e. The molecule has 4 heteroatoms. The van der Waals surface area contributed by atoms with Gasteiger partial charge in [0.1, 0.15) is 12.1 Å². The molecule has 0 radical (unpaired) electrons. The predicted molar refractivity (Wildman–Crippen MR) is 49.4 cm³/mol. The molecule has 1 aromatic rings. The summed E-state index contributed by atoms with van der Waals surface area (Å²) in [5.74, 6) is -0.827. The summed E-state index contributed by atoms with van der Waals surface area (Å²) < 4.78 is 12.7. The fourth-order valence-corrected chi connectivity index (χ4v) is 1.04. The largest absolute Gasteiger partial charge is 0.335 e. The van der Waals surface area contributed by atoms with E-state index in [1.54, 1.807) is 0 Å². The Kier molecular flexibility index (Phi) is 3.34. The summed E-state index contributed by atoms with van der Waals surface area (Å²) in [7, 11) is 1.49. The van der Waals surface area contributed by atoms with E-state index in [-0.39, 0.29) is 18.0 Å². The fourth-order valence-electron chi connectivity index (χ4n) is 1.04. The number of hydrogen-bond donors (Lipinski definition) is 0. The average molecular weight is 195 g/mol. The molecule has 0 aliphatic heterocycles. The molecule has 0 aromatic heterocycles. The van der Waals surface area contributed by atoms with E-state index in [1.807, 2.05) is 0 Å². The molecule has 1 rings (SSSR count). The van der Waals surface area contributed by atoms with Crippen molar-refractivity contribution >= 4 is 12.2 Å². The summed E-state index contributed by atoms with van der Waals surface area (Å²) in [5, 5.41) is 0. The highest BCUT2D eigenvalue weighted by atomic mass is 19.1. The standard InChI is InChI=1S/C10H10FNO2/c1-12(5-6-13)10(14)8-3-2-4-9(11)7-8/h2-4,6-7H,5H2,1H3. The van der Waals surface area contributed by atoms with Crippen LogP contribution in [0.15, 0.2) is 24.3 Å². The molecule has 1 aromatic carbocycles. The van der Waals surface area contributed by atoms with Gasteiger partial charge in [-0.3, -0.25) is 4.79 Å². The minimum Gasteiger partial charge on any atom is -0.335 e. The molecular formula is C10H10FNO2. The lowest BCUT2D eigenvalue weighted by Gasteiger charge is -2.13. The number of hydrogen-bond acceptors (Lipinski definition) is 2. The van der Waals surface area contributed by atoms with Crippen LogP contribution in [-0.4, -0.2) is 30.7 Å². The normalized spacial score (nSPS) is 9.57. The Bertz CT molecular complexity index is 352. The highest BCUT2D eigenvalue weighted by Gasteiger charge is 2.10. The molecule has 0 bridgehead atoms. The summed E-state index contributed by atoms with van der Waals surface area (Å²) in [6.07, 6.45) is 0.622. The van der Waals surface area contributed by atoms with Crippen molar-refractivity contribution in [3.63, 3.8) is 0 Å². The van der Waals surface area contributed by atoms with E-state index in [0.717, 1.165) is 6.07 Å². The predicted octanol–water partition coefficient (Wildman–Crippen LogP) is 1.10. The lowest BCUT2D eigenvalue weighted by atomic mass is 10.2. The van der Waals surface area contributed by atoms with Crippen molar-refractivity contribution in [2.45, 2.75) is 0 Å². The van der Waals surface area contributed by atoms with Crippen molar-refractivity contribution in [2.24, 2.45) is 0 Å². The number of carbonyl (C=O) groups excluding carboxylic acids is 2. The molecule has 1 amide bonds. The molecule has 3 nitrogen and oxygen atoms in total. The van der Waals surface area contributed by atoms with Crippen LogP contribution in [0.1, 0.15) is 10.4 Å². The van der Waals surface area contributed by atoms with Crippen molar-refractivity contribution in [1.29, 1.82) is 0 Å². The number of benzene rings is 1. The van der Waals surface area contributed by atoms with Gasteiger partial charge in [0.2, 0.25) is 0 Å². The third-order valence-corrected chi connectivity index (χ3v) is 1.77. The maximum atomic E-state index is 12.7. The average Bonchev–Trinajstić information content (AvgIpc) is 2.17. The Morgan fingerprint density at radius 3 is 2.86 bits per heavy atom. The first-order valence-corrected chi connectivity index (χ1v) is 4.10. The van der Waals surface area contributed by atoms with Crippen LogP contribution in [-0.2, 0) is 4.79 Å². The molecule has 0 aliphatic rings. The Labute approximate surface area is 81.1 Å². The van der Waals surface area contributed by atoms with Crippen LogP contribution >= 0.6 is 0 Å². The first kappa shape index (κ1) is 10.4. The third-order valence-electron chi connectivity index (χ3n) is 1.77. The van der Waals surface area contributed by atoms with Crippen LogP contribution in [0.2, 0.25) is 0 Å². The van der Waals surface area contributed by atoms with Gasteiger partial charge in [-0.15, -0.1) is 0 Å². The molecule has 0 saturated carbocycles. The molecule has 0 aliphatic carbocycles. The quantitative estimate of drug-likeness (QED) is 0.677. The molecule has 74 valence electrons. The topological polar surface area (TPSA) is 37.4 Å². The summed E-state index contributed by atoms with van der Waals surface area (Å²) >= 11 is 0. The van der Waals surface area contributed by atoms with E-state index in [4.69, 9.17) is 0 Å².